The summed E-state index contributed by atoms with van der Waals surface area (Å²) in [4.78, 5) is 1.77. The van der Waals surface area contributed by atoms with Gasteiger partial charge in [0.15, 0.2) is 0 Å². The molecule has 0 radical (unpaired) electrons. The van der Waals surface area contributed by atoms with Gasteiger partial charge in [-0.15, -0.1) is 0 Å². The van der Waals surface area contributed by atoms with Crippen LogP contribution in [0.4, 0.5) is 0 Å². The van der Waals surface area contributed by atoms with E-state index < -0.39 is 0 Å². The van der Waals surface area contributed by atoms with E-state index in [4.69, 9.17) is 0 Å². The molecular weight excluding hydrogens is 136 g/mol. The number of nitrogens with one attached hydrogen (secondary N) is 1. The van der Waals surface area contributed by atoms with Crippen LogP contribution in [0.25, 0.3) is 0 Å². The third kappa shape index (κ3) is 3.21. The van der Waals surface area contributed by atoms with Crippen molar-refractivity contribution in [1.82, 2.24) is 0 Å². The van der Waals surface area contributed by atoms with Gasteiger partial charge in [-0.3, -0.25) is 0 Å². The van der Waals surface area contributed by atoms with Crippen molar-refractivity contribution < 1.29 is 10.6 Å². The minimum Gasteiger partial charge on any atom is -0.351 e. The fraction of sp³-hybridized carbons (Fsp3) is 1.00. The molecular formula is C9H22N2+2. The van der Waals surface area contributed by atoms with Gasteiger partial charge in [-0.2, -0.15) is 0 Å². The van der Waals surface area contributed by atoms with E-state index in [-0.39, 0.29) is 0 Å². The molecule has 66 valence electrons. The Hall–Kier alpha value is -0.0800. The maximum absolute atomic E-state index is 4.03. The summed E-state index contributed by atoms with van der Waals surface area (Å²) in [5.74, 6) is 0.971. The maximum atomic E-state index is 4.03. The van der Waals surface area contributed by atoms with Crippen LogP contribution >= 0.6 is 0 Å². The summed E-state index contributed by atoms with van der Waals surface area (Å²) in [7, 11) is 0. The largest absolute Gasteiger partial charge is 0.351 e. The first-order chi connectivity index (χ1) is 5.18. The first kappa shape index (κ1) is 9.01. The molecule has 0 aromatic carbocycles. The Morgan fingerprint density at radius 1 is 1.45 bits per heavy atom. The molecule has 1 atom stereocenters. The van der Waals surface area contributed by atoms with Crippen molar-refractivity contribution in [2.75, 3.05) is 19.6 Å². The van der Waals surface area contributed by atoms with Crippen LogP contribution in [0.3, 0.4) is 0 Å². The zero-order valence-corrected chi connectivity index (χ0v) is 7.90. The molecule has 1 heterocycles. The molecule has 1 saturated heterocycles. The van der Waals surface area contributed by atoms with E-state index in [1.807, 2.05) is 0 Å². The van der Waals surface area contributed by atoms with Gasteiger partial charge < -0.3 is 10.6 Å². The first-order valence-electron chi connectivity index (χ1n) is 4.85. The van der Waals surface area contributed by atoms with E-state index in [9.17, 15) is 0 Å². The van der Waals surface area contributed by atoms with Gasteiger partial charge in [0.05, 0.1) is 13.1 Å². The lowest BCUT2D eigenvalue weighted by atomic mass is 9.99. The molecule has 0 aliphatic carbocycles. The Labute approximate surface area is 69.8 Å². The molecule has 0 aromatic heterocycles. The minimum absolute atomic E-state index is 0.624. The summed E-state index contributed by atoms with van der Waals surface area (Å²) in [6.45, 7) is 8.60. The number of hydrogen-bond acceptors (Lipinski definition) is 0. The number of rotatable bonds is 2. The van der Waals surface area contributed by atoms with E-state index >= 15 is 0 Å². The second-order valence-corrected chi connectivity index (χ2v) is 4.24. The van der Waals surface area contributed by atoms with Gasteiger partial charge in [-0.1, -0.05) is 6.92 Å². The first-order valence-corrected chi connectivity index (χ1v) is 4.85. The summed E-state index contributed by atoms with van der Waals surface area (Å²) >= 11 is 0. The lowest BCUT2D eigenvalue weighted by Gasteiger charge is -2.27. The van der Waals surface area contributed by atoms with Crippen molar-refractivity contribution in [2.24, 2.45) is 5.92 Å². The van der Waals surface area contributed by atoms with E-state index in [2.05, 4.69) is 19.6 Å². The van der Waals surface area contributed by atoms with E-state index in [0.717, 1.165) is 5.92 Å². The molecule has 11 heavy (non-hydrogen) atoms. The highest BCUT2D eigenvalue weighted by molar-refractivity contribution is 4.56. The molecule has 4 N–H and O–H groups in total. The summed E-state index contributed by atoms with van der Waals surface area (Å²) < 4.78 is 0. The van der Waals surface area contributed by atoms with E-state index in [1.165, 1.54) is 32.5 Å². The average molecular weight is 158 g/mol. The summed E-state index contributed by atoms with van der Waals surface area (Å²) in [5.41, 5.74) is 4.03. The molecule has 2 nitrogen and oxygen atoms in total. The second kappa shape index (κ2) is 4.07. The highest BCUT2D eigenvalue weighted by atomic mass is 15.1. The third-order valence-electron chi connectivity index (χ3n) is 2.62. The van der Waals surface area contributed by atoms with Crippen LogP contribution in [0.15, 0.2) is 0 Å². The summed E-state index contributed by atoms with van der Waals surface area (Å²) in [6, 6.07) is 0.624. The number of likely N-dealkylation sites (tertiary alicyclic amines) is 1. The normalized spacial score (nSPS) is 35.2. The maximum Gasteiger partial charge on any atom is 0.131 e. The second-order valence-electron chi connectivity index (χ2n) is 4.24. The van der Waals surface area contributed by atoms with E-state index in [0.29, 0.717) is 6.04 Å². The Balaban J connectivity index is 2.17. The molecule has 1 fully saturated rings. The zero-order chi connectivity index (χ0) is 8.27. The molecule has 0 bridgehead atoms. The minimum atomic E-state index is 0.624. The standard InChI is InChI=1S/C9H20N2/c1-8-3-5-11(6-4-8)7-9(2)10/h8-9H,3-7,10H2,1-2H3/p+2/t9-/m1/s1. The van der Waals surface area contributed by atoms with Gasteiger partial charge in [0.25, 0.3) is 0 Å². The van der Waals surface area contributed by atoms with Gasteiger partial charge in [0.2, 0.25) is 0 Å². The molecule has 1 aliphatic heterocycles. The fourth-order valence-corrected chi connectivity index (χ4v) is 1.87. The van der Waals surface area contributed by atoms with Crippen LogP contribution in [0.1, 0.15) is 26.7 Å². The SMILES string of the molecule is CC1CC[NH+](C[C@@H](C)[NH3+])CC1. The third-order valence-corrected chi connectivity index (χ3v) is 2.62. The molecule has 0 spiro atoms. The molecule has 1 rings (SSSR count). The quantitative estimate of drug-likeness (QED) is 0.513. The molecule has 1 aliphatic rings. The van der Waals surface area contributed by atoms with Crippen molar-refractivity contribution >= 4 is 0 Å². The Kier molecular flexibility index (Phi) is 3.34. The van der Waals surface area contributed by atoms with Crippen molar-refractivity contribution in [2.45, 2.75) is 32.7 Å². The predicted molar refractivity (Wildman–Crippen MR) is 46.3 cm³/mol. The van der Waals surface area contributed by atoms with Crippen LogP contribution in [0.5, 0.6) is 0 Å². The van der Waals surface area contributed by atoms with Crippen molar-refractivity contribution in [3.8, 4) is 0 Å². The lowest BCUT2D eigenvalue weighted by molar-refractivity contribution is -0.914. The number of quaternary nitrogens is 2. The smallest absolute Gasteiger partial charge is 0.131 e. The topological polar surface area (TPSA) is 32.1 Å². The Morgan fingerprint density at radius 3 is 2.45 bits per heavy atom. The lowest BCUT2D eigenvalue weighted by Crippen LogP contribution is -3.15. The van der Waals surface area contributed by atoms with Crippen LogP contribution in [-0.2, 0) is 0 Å². The Morgan fingerprint density at radius 2 is 2.00 bits per heavy atom. The predicted octanol–water partition coefficient (Wildman–Crippen LogP) is -1.07. The highest BCUT2D eigenvalue weighted by Gasteiger charge is 2.20. The highest BCUT2D eigenvalue weighted by Crippen LogP contribution is 2.06. The summed E-state index contributed by atoms with van der Waals surface area (Å²) in [5, 5.41) is 0. The van der Waals surface area contributed by atoms with Gasteiger partial charge in [0.1, 0.15) is 12.6 Å². The molecule has 0 amide bonds. The van der Waals surface area contributed by atoms with Crippen molar-refractivity contribution in [3.05, 3.63) is 0 Å². The van der Waals surface area contributed by atoms with Gasteiger partial charge in [-0.25, -0.2) is 0 Å². The molecule has 0 aromatic rings. The van der Waals surface area contributed by atoms with Gasteiger partial charge >= 0.3 is 0 Å². The van der Waals surface area contributed by atoms with E-state index in [1.54, 1.807) is 4.90 Å². The monoisotopic (exact) mass is 158 g/mol. The van der Waals surface area contributed by atoms with Crippen molar-refractivity contribution in [3.63, 3.8) is 0 Å². The van der Waals surface area contributed by atoms with Gasteiger partial charge in [0, 0.05) is 0 Å². The number of hydrogen-bond donors (Lipinski definition) is 2. The van der Waals surface area contributed by atoms with Crippen LogP contribution in [0, 0.1) is 5.92 Å². The van der Waals surface area contributed by atoms with Crippen LogP contribution in [0.2, 0.25) is 0 Å². The molecule has 0 unspecified atom stereocenters. The zero-order valence-electron chi connectivity index (χ0n) is 7.90. The van der Waals surface area contributed by atoms with Crippen LogP contribution < -0.4 is 10.6 Å². The van der Waals surface area contributed by atoms with Gasteiger partial charge in [-0.05, 0) is 25.7 Å². The summed E-state index contributed by atoms with van der Waals surface area (Å²) in [6.07, 6.45) is 2.84. The Bertz CT molecular complexity index is 104. The fourth-order valence-electron chi connectivity index (χ4n) is 1.87. The molecule has 2 heteroatoms. The average Bonchev–Trinajstić information content (AvgIpc) is 1.93. The van der Waals surface area contributed by atoms with Crippen LogP contribution in [-0.4, -0.2) is 25.7 Å². The van der Waals surface area contributed by atoms with Crippen molar-refractivity contribution in [1.29, 1.82) is 0 Å². The number of piperidine rings is 1. The molecule has 0 saturated carbocycles.